The predicted octanol–water partition coefficient (Wildman–Crippen LogP) is 1.18. The first-order valence-corrected chi connectivity index (χ1v) is 6.63. The first-order valence-electron chi connectivity index (χ1n) is 6.63. The summed E-state index contributed by atoms with van der Waals surface area (Å²) in [6.45, 7) is 1.04. The van der Waals surface area contributed by atoms with Gasteiger partial charge in [-0.1, -0.05) is 0 Å². The van der Waals surface area contributed by atoms with Crippen LogP contribution in [0.4, 0.5) is 5.82 Å². The van der Waals surface area contributed by atoms with E-state index in [1.807, 2.05) is 11.9 Å². The summed E-state index contributed by atoms with van der Waals surface area (Å²) in [7, 11) is 1.90. The molecule has 0 aromatic carbocycles. The number of hydrogen-bond acceptors (Lipinski definition) is 4. The van der Waals surface area contributed by atoms with E-state index < -0.39 is 0 Å². The summed E-state index contributed by atoms with van der Waals surface area (Å²) in [5, 5.41) is 8.72. The lowest BCUT2D eigenvalue weighted by molar-refractivity contribution is 0.283. The largest absolute Gasteiger partial charge is 0.396 e. The quantitative estimate of drug-likeness (QED) is 0.739. The summed E-state index contributed by atoms with van der Waals surface area (Å²) in [5.41, 5.74) is 0.0182. The molecule has 1 saturated carbocycles. The molecule has 100 valence electrons. The van der Waals surface area contributed by atoms with Crippen molar-refractivity contribution in [3.63, 3.8) is 0 Å². The van der Waals surface area contributed by atoms with Crippen LogP contribution in [0.1, 0.15) is 38.1 Å². The smallest absolute Gasteiger partial charge is 0.293 e. The van der Waals surface area contributed by atoms with Gasteiger partial charge in [0.1, 0.15) is 0 Å². The Bertz CT molecular complexity index is 440. The molecule has 0 aliphatic heterocycles. The normalized spacial score (nSPS) is 14.8. The number of anilines is 1. The van der Waals surface area contributed by atoms with Crippen LogP contribution in [0.2, 0.25) is 0 Å². The van der Waals surface area contributed by atoms with Gasteiger partial charge in [0.15, 0.2) is 5.82 Å². The van der Waals surface area contributed by atoms with Crippen LogP contribution in [0.5, 0.6) is 0 Å². The van der Waals surface area contributed by atoms with Crippen molar-refractivity contribution in [3.8, 4) is 0 Å². The standard InChI is InChI=1S/C13H21N3O2/c1-15(8-3-2-4-10-17)12-13(18)16(9-7-14-12)11-5-6-11/h7,9,11,17H,2-6,8,10H2,1H3. The summed E-state index contributed by atoms with van der Waals surface area (Å²) in [6, 6.07) is 0.391. The SMILES string of the molecule is CN(CCCCCO)c1nccn(C2CC2)c1=O. The third-order valence-corrected chi connectivity index (χ3v) is 3.30. The Morgan fingerprint density at radius 3 is 2.89 bits per heavy atom. The second kappa shape index (κ2) is 6.00. The van der Waals surface area contributed by atoms with Gasteiger partial charge >= 0.3 is 0 Å². The summed E-state index contributed by atoms with van der Waals surface area (Å²) in [6.07, 6.45) is 8.46. The highest BCUT2D eigenvalue weighted by Gasteiger charge is 2.25. The van der Waals surface area contributed by atoms with E-state index in [1.165, 1.54) is 0 Å². The van der Waals surface area contributed by atoms with Gasteiger partial charge in [-0.2, -0.15) is 0 Å². The van der Waals surface area contributed by atoms with Gasteiger partial charge in [-0.05, 0) is 32.1 Å². The van der Waals surface area contributed by atoms with Crippen LogP contribution < -0.4 is 10.5 Å². The second-order valence-corrected chi connectivity index (χ2v) is 4.90. The molecule has 18 heavy (non-hydrogen) atoms. The van der Waals surface area contributed by atoms with Gasteiger partial charge < -0.3 is 14.6 Å². The minimum atomic E-state index is 0.0182. The van der Waals surface area contributed by atoms with E-state index in [1.54, 1.807) is 17.0 Å². The van der Waals surface area contributed by atoms with E-state index in [2.05, 4.69) is 4.98 Å². The Kier molecular flexibility index (Phi) is 4.36. The summed E-state index contributed by atoms with van der Waals surface area (Å²) < 4.78 is 1.80. The Morgan fingerprint density at radius 2 is 2.22 bits per heavy atom. The van der Waals surface area contributed by atoms with Crippen molar-refractivity contribution < 1.29 is 5.11 Å². The van der Waals surface area contributed by atoms with Gasteiger partial charge in [-0.3, -0.25) is 4.79 Å². The summed E-state index contributed by atoms with van der Waals surface area (Å²) >= 11 is 0. The van der Waals surface area contributed by atoms with E-state index in [0.29, 0.717) is 11.9 Å². The van der Waals surface area contributed by atoms with Crippen molar-refractivity contribution in [1.82, 2.24) is 9.55 Å². The molecule has 0 saturated heterocycles. The highest BCUT2D eigenvalue weighted by atomic mass is 16.2. The van der Waals surface area contributed by atoms with Crippen LogP contribution in [0.25, 0.3) is 0 Å². The van der Waals surface area contributed by atoms with Gasteiger partial charge in [0.05, 0.1) is 0 Å². The molecule has 2 rings (SSSR count). The third-order valence-electron chi connectivity index (χ3n) is 3.30. The fourth-order valence-corrected chi connectivity index (χ4v) is 2.06. The fourth-order valence-electron chi connectivity index (χ4n) is 2.06. The maximum atomic E-state index is 12.2. The maximum Gasteiger partial charge on any atom is 0.293 e. The number of aliphatic hydroxyl groups excluding tert-OH is 1. The van der Waals surface area contributed by atoms with E-state index in [-0.39, 0.29) is 12.2 Å². The van der Waals surface area contributed by atoms with E-state index in [0.717, 1.165) is 38.6 Å². The van der Waals surface area contributed by atoms with Crippen LogP contribution in [0, 0.1) is 0 Å². The van der Waals surface area contributed by atoms with Crippen molar-refractivity contribution >= 4 is 5.82 Å². The fraction of sp³-hybridized carbons (Fsp3) is 0.692. The Balaban J connectivity index is 1.99. The molecular formula is C13H21N3O2. The first kappa shape index (κ1) is 13.1. The van der Waals surface area contributed by atoms with Gasteiger partial charge in [0, 0.05) is 38.6 Å². The zero-order chi connectivity index (χ0) is 13.0. The van der Waals surface area contributed by atoms with Crippen molar-refractivity contribution in [2.45, 2.75) is 38.1 Å². The highest BCUT2D eigenvalue weighted by molar-refractivity contribution is 5.34. The number of hydrogen-bond donors (Lipinski definition) is 1. The van der Waals surface area contributed by atoms with Crippen LogP contribution in [0.3, 0.4) is 0 Å². The predicted molar refractivity (Wildman–Crippen MR) is 71.0 cm³/mol. The number of unbranched alkanes of at least 4 members (excludes halogenated alkanes) is 2. The molecule has 0 radical (unpaired) electrons. The van der Waals surface area contributed by atoms with E-state index >= 15 is 0 Å². The number of rotatable bonds is 7. The molecule has 0 atom stereocenters. The van der Waals surface area contributed by atoms with Crippen molar-refractivity contribution in [3.05, 3.63) is 22.7 Å². The Hall–Kier alpha value is -1.36. The van der Waals surface area contributed by atoms with Gasteiger partial charge in [-0.15, -0.1) is 0 Å². The molecule has 1 N–H and O–H groups in total. The van der Waals surface area contributed by atoms with E-state index in [4.69, 9.17) is 5.11 Å². The molecule has 1 fully saturated rings. The van der Waals surface area contributed by atoms with Gasteiger partial charge in [-0.25, -0.2) is 4.98 Å². The minimum Gasteiger partial charge on any atom is -0.396 e. The highest BCUT2D eigenvalue weighted by Crippen LogP contribution is 2.33. The molecule has 1 aliphatic carbocycles. The lowest BCUT2D eigenvalue weighted by Crippen LogP contribution is -2.31. The van der Waals surface area contributed by atoms with Crippen molar-refractivity contribution in [2.75, 3.05) is 25.1 Å². The lowest BCUT2D eigenvalue weighted by atomic mass is 10.2. The molecule has 0 unspecified atom stereocenters. The summed E-state index contributed by atoms with van der Waals surface area (Å²) in [4.78, 5) is 18.3. The molecule has 5 heteroatoms. The van der Waals surface area contributed by atoms with Crippen molar-refractivity contribution in [2.24, 2.45) is 0 Å². The summed E-state index contributed by atoms with van der Waals surface area (Å²) in [5.74, 6) is 0.536. The molecule has 1 aromatic heterocycles. The first-order chi connectivity index (χ1) is 8.74. The molecule has 0 spiro atoms. The Labute approximate surface area is 107 Å². The van der Waals surface area contributed by atoms with Crippen LogP contribution in [0.15, 0.2) is 17.2 Å². The number of aliphatic hydroxyl groups is 1. The molecule has 0 bridgehead atoms. The molecule has 1 heterocycles. The minimum absolute atomic E-state index is 0.0182. The number of nitrogens with zero attached hydrogens (tertiary/aromatic N) is 3. The third kappa shape index (κ3) is 3.10. The van der Waals surface area contributed by atoms with Gasteiger partial charge in [0.2, 0.25) is 0 Å². The lowest BCUT2D eigenvalue weighted by Gasteiger charge is -2.18. The Morgan fingerprint density at radius 1 is 1.44 bits per heavy atom. The second-order valence-electron chi connectivity index (χ2n) is 4.90. The maximum absolute atomic E-state index is 12.2. The monoisotopic (exact) mass is 251 g/mol. The molecule has 0 amide bonds. The van der Waals surface area contributed by atoms with Crippen LogP contribution >= 0.6 is 0 Å². The zero-order valence-corrected chi connectivity index (χ0v) is 10.9. The average Bonchev–Trinajstić information content (AvgIpc) is 3.19. The van der Waals surface area contributed by atoms with Gasteiger partial charge in [0.25, 0.3) is 5.56 Å². The zero-order valence-electron chi connectivity index (χ0n) is 10.9. The molecular weight excluding hydrogens is 230 g/mol. The molecule has 1 aromatic rings. The molecule has 5 nitrogen and oxygen atoms in total. The van der Waals surface area contributed by atoms with Crippen LogP contribution in [-0.2, 0) is 0 Å². The van der Waals surface area contributed by atoms with E-state index in [9.17, 15) is 4.79 Å². The number of aromatic nitrogens is 2. The van der Waals surface area contributed by atoms with Crippen LogP contribution in [-0.4, -0.2) is 34.9 Å². The topological polar surface area (TPSA) is 58.4 Å². The molecule has 1 aliphatic rings. The average molecular weight is 251 g/mol. The van der Waals surface area contributed by atoms with Crippen molar-refractivity contribution in [1.29, 1.82) is 0 Å².